The Labute approximate surface area is 318 Å². The average Bonchev–Trinajstić information content (AvgIpc) is 3.14. The first-order valence-electron chi connectivity index (χ1n) is 20.6. The van der Waals surface area contributed by atoms with Gasteiger partial charge in [0.15, 0.2) is 6.10 Å². The summed E-state index contributed by atoms with van der Waals surface area (Å²) in [5.74, 6) is -1.09. The fourth-order valence-electron chi connectivity index (χ4n) is 5.14. The third-order valence-corrected chi connectivity index (χ3v) is 8.21. The van der Waals surface area contributed by atoms with Crippen LogP contribution in [0, 0.1) is 0 Å². The van der Waals surface area contributed by atoms with E-state index in [1.54, 1.807) is 6.08 Å². The molecule has 1 atom stereocenters. The van der Waals surface area contributed by atoms with Crippen LogP contribution < -0.4 is 0 Å². The van der Waals surface area contributed by atoms with Crippen LogP contribution >= 0.6 is 0 Å². The summed E-state index contributed by atoms with van der Waals surface area (Å²) in [7, 11) is 0. The van der Waals surface area contributed by atoms with Crippen LogP contribution in [0.15, 0.2) is 85.1 Å². The van der Waals surface area contributed by atoms with Gasteiger partial charge in [0.1, 0.15) is 13.2 Å². The average molecular weight is 723 g/mol. The fraction of sp³-hybridized carbons (Fsp3) is 0.630. The summed E-state index contributed by atoms with van der Waals surface area (Å²) in [4.78, 5) is 37.5. The van der Waals surface area contributed by atoms with Gasteiger partial charge in [-0.2, -0.15) is 0 Å². The molecule has 52 heavy (non-hydrogen) atoms. The molecule has 0 N–H and O–H groups in total. The van der Waals surface area contributed by atoms with E-state index in [1.807, 2.05) is 12.2 Å². The van der Waals surface area contributed by atoms with Crippen molar-refractivity contribution in [2.75, 3.05) is 13.2 Å². The minimum atomic E-state index is -0.821. The Morgan fingerprint density at radius 2 is 0.923 bits per heavy atom. The van der Waals surface area contributed by atoms with Crippen LogP contribution in [-0.2, 0) is 28.6 Å². The predicted octanol–water partition coefficient (Wildman–Crippen LogP) is 12.9. The lowest BCUT2D eigenvalue weighted by atomic mass is 10.1. The van der Waals surface area contributed by atoms with Crippen molar-refractivity contribution in [2.24, 2.45) is 0 Å². The Morgan fingerprint density at radius 3 is 1.54 bits per heavy atom. The highest BCUT2D eigenvalue weighted by Crippen LogP contribution is 2.12. The Hall–Kier alpha value is -3.41. The molecule has 6 nitrogen and oxygen atoms in total. The molecule has 0 fully saturated rings. The van der Waals surface area contributed by atoms with Crippen molar-refractivity contribution < 1.29 is 28.6 Å². The van der Waals surface area contributed by atoms with Gasteiger partial charge < -0.3 is 14.2 Å². The van der Waals surface area contributed by atoms with Gasteiger partial charge in [-0.1, -0.05) is 157 Å². The first-order valence-corrected chi connectivity index (χ1v) is 20.6. The van der Waals surface area contributed by atoms with Crippen LogP contribution in [0.25, 0.3) is 0 Å². The lowest BCUT2D eigenvalue weighted by molar-refractivity contribution is -0.166. The lowest BCUT2D eigenvalue weighted by Crippen LogP contribution is -2.30. The fourth-order valence-corrected chi connectivity index (χ4v) is 5.14. The van der Waals surface area contributed by atoms with Crippen LogP contribution in [0.3, 0.4) is 0 Å². The van der Waals surface area contributed by atoms with Crippen LogP contribution in [-0.4, -0.2) is 37.2 Å². The highest BCUT2D eigenvalue weighted by atomic mass is 16.6. The van der Waals surface area contributed by atoms with Crippen LogP contribution in [0.5, 0.6) is 0 Å². The molecule has 294 valence electrons. The maximum absolute atomic E-state index is 12.6. The van der Waals surface area contributed by atoms with E-state index in [4.69, 9.17) is 14.2 Å². The number of carbonyl (C=O) groups is 3. The molecule has 1 unspecified atom stereocenters. The molecule has 0 aromatic carbocycles. The monoisotopic (exact) mass is 723 g/mol. The van der Waals surface area contributed by atoms with E-state index in [0.29, 0.717) is 12.8 Å². The largest absolute Gasteiger partial charge is 0.462 e. The number of allylic oxidation sites excluding steroid dienone is 13. The van der Waals surface area contributed by atoms with Crippen LogP contribution in [0.4, 0.5) is 0 Å². The zero-order chi connectivity index (χ0) is 38.0. The summed E-state index contributed by atoms with van der Waals surface area (Å²) in [6.45, 7) is 6.20. The van der Waals surface area contributed by atoms with E-state index in [0.717, 1.165) is 96.3 Å². The molecule has 0 amide bonds. The Morgan fingerprint density at radius 1 is 0.442 bits per heavy atom. The van der Waals surface area contributed by atoms with Gasteiger partial charge in [-0.3, -0.25) is 14.4 Å². The van der Waals surface area contributed by atoms with Crippen molar-refractivity contribution in [1.82, 2.24) is 0 Å². The number of carbonyl (C=O) groups excluding carboxylic acids is 3. The molecular weight excluding hydrogens is 648 g/mol. The van der Waals surface area contributed by atoms with E-state index in [-0.39, 0.29) is 31.6 Å². The van der Waals surface area contributed by atoms with Crippen molar-refractivity contribution in [3.05, 3.63) is 85.1 Å². The topological polar surface area (TPSA) is 78.9 Å². The van der Waals surface area contributed by atoms with Crippen molar-refractivity contribution in [2.45, 2.75) is 175 Å². The van der Waals surface area contributed by atoms with Gasteiger partial charge in [0, 0.05) is 12.8 Å². The van der Waals surface area contributed by atoms with Crippen molar-refractivity contribution in [3.63, 3.8) is 0 Å². The van der Waals surface area contributed by atoms with Crippen molar-refractivity contribution in [3.8, 4) is 0 Å². The van der Waals surface area contributed by atoms with E-state index in [1.165, 1.54) is 32.1 Å². The molecular formula is C46H74O6. The summed E-state index contributed by atoms with van der Waals surface area (Å²) in [5.41, 5.74) is 0. The summed E-state index contributed by atoms with van der Waals surface area (Å²) < 4.78 is 16.5. The lowest BCUT2D eigenvalue weighted by Gasteiger charge is -2.18. The van der Waals surface area contributed by atoms with E-state index < -0.39 is 12.1 Å². The van der Waals surface area contributed by atoms with E-state index in [2.05, 4.69) is 87.6 Å². The summed E-state index contributed by atoms with van der Waals surface area (Å²) in [6.07, 6.45) is 50.3. The van der Waals surface area contributed by atoms with Crippen molar-refractivity contribution in [1.29, 1.82) is 0 Å². The molecule has 6 heteroatoms. The Kier molecular flexibility index (Phi) is 37.7. The Bertz CT molecular complexity index is 1060. The quantitative estimate of drug-likeness (QED) is 0.0213. The standard InChI is InChI=1S/C46H74O6/c1-4-7-10-13-16-19-21-23-25-27-30-33-36-39-45(48)51-42-43(41-50-44(47)38-35-32-29-26-18-15-12-9-6-3)52-46(49)40-37-34-31-28-24-22-20-17-14-11-8-5-2/h7,9-10,12-13,16-21,26,32,35,43H,4-6,8,11,14-15,22-25,27-31,33-34,36-42H2,1-3H3/b10-7-,12-9-,16-13-,20-17-,21-19-,26-18-,35-32-. The third-order valence-electron chi connectivity index (χ3n) is 8.21. The highest BCUT2D eigenvalue weighted by molar-refractivity contribution is 5.72. The molecule has 0 aliphatic carbocycles. The second kappa shape index (κ2) is 40.4. The number of hydrogen-bond donors (Lipinski definition) is 0. The predicted molar refractivity (Wildman–Crippen MR) is 219 cm³/mol. The van der Waals surface area contributed by atoms with Gasteiger partial charge in [-0.25, -0.2) is 0 Å². The maximum Gasteiger partial charge on any atom is 0.309 e. The van der Waals surface area contributed by atoms with Gasteiger partial charge in [-0.15, -0.1) is 0 Å². The summed E-state index contributed by atoms with van der Waals surface area (Å²) in [6, 6.07) is 0. The molecule has 0 aromatic heterocycles. The van der Waals surface area contributed by atoms with E-state index in [9.17, 15) is 14.4 Å². The number of hydrogen-bond acceptors (Lipinski definition) is 6. The van der Waals surface area contributed by atoms with Gasteiger partial charge in [0.25, 0.3) is 0 Å². The maximum atomic E-state index is 12.6. The summed E-state index contributed by atoms with van der Waals surface area (Å²) >= 11 is 0. The van der Waals surface area contributed by atoms with Crippen molar-refractivity contribution >= 4 is 17.9 Å². The number of unbranched alkanes of at least 4 members (excludes halogenated alkanes) is 13. The highest BCUT2D eigenvalue weighted by Gasteiger charge is 2.19. The molecule has 0 rings (SSSR count). The number of rotatable bonds is 35. The smallest absolute Gasteiger partial charge is 0.309 e. The molecule has 0 aliphatic rings. The molecule has 0 heterocycles. The first-order chi connectivity index (χ1) is 25.5. The van der Waals surface area contributed by atoms with Gasteiger partial charge in [0.2, 0.25) is 0 Å². The summed E-state index contributed by atoms with van der Waals surface area (Å²) in [5, 5.41) is 0. The first kappa shape index (κ1) is 48.6. The molecule has 0 saturated carbocycles. The SMILES string of the molecule is CC\C=C/C=C\C=C/CCCCCCCC(=O)OCC(COC(=O)C/C=C\C/C=C\C/C=C\CC)OC(=O)CCCCCCC/C=C\CCCCC. The molecule has 0 bridgehead atoms. The zero-order valence-corrected chi connectivity index (χ0v) is 33.3. The van der Waals surface area contributed by atoms with Gasteiger partial charge in [-0.05, 0) is 77.0 Å². The molecule has 0 aromatic rings. The van der Waals surface area contributed by atoms with E-state index >= 15 is 0 Å². The van der Waals surface area contributed by atoms with Gasteiger partial charge in [0.05, 0.1) is 6.42 Å². The second-order valence-corrected chi connectivity index (χ2v) is 13.2. The van der Waals surface area contributed by atoms with Gasteiger partial charge >= 0.3 is 17.9 Å². The number of ether oxygens (including phenoxy) is 3. The van der Waals surface area contributed by atoms with Crippen LogP contribution in [0.2, 0.25) is 0 Å². The Balaban J connectivity index is 4.51. The zero-order valence-electron chi connectivity index (χ0n) is 33.3. The normalized spacial score (nSPS) is 12.9. The molecule has 0 radical (unpaired) electrons. The molecule has 0 saturated heterocycles. The minimum Gasteiger partial charge on any atom is -0.462 e. The second-order valence-electron chi connectivity index (χ2n) is 13.2. The molecule has 0 spiro atoms. The third kappa shape index (κ3) is 37.8. The molecule has 0 aliphatic heterocycles. The number of esters is 3. The van der Waals surface area contributed by atoms with Crippen LogP contribution in [0.1, 0.15) is 168 Å². The minimum absolute atomic E-state index is 0.119.